The second kappa shape index (κ2) is 6.92. The van der Waals surface area contributed by atoms with Crippen LogP contribution in [0.15, 0.2) is 6.20 Å². The van der Waals surface area contributed by atoms with Gasteiger partial charge < -0.3 is 10.4 Å². The molecule has 0 bridgehead atoms. The van der Waals surface area contributed by atoms with Gasteiger partial charge in [-0.3, -0.25) is 4.68 Å². The molecule has 1 atom stereocenters. The molecule has 7 heteroatoms. The molecule has 0 aromatic carbocycles. The first-order chi connectivity index (χ1) is 9.60. The van der Waals surface area contributed by atoms with Crippen molar-refractivity contribution in [2.45, 2.75) is 46.3 Å². The van der Waals surface area contributed by atoms with E-state index in [0.29, 0.717) is 19.5 Å². The first kappa shape index (κ1) is 15.1. The van der Waals surface area contributed by atoms with E-state index in [0.717, 1.165) is 16.4 Å². The molecule has 2 aromatic heterocycles. The summed E-state index contributed by atoms with van der Waals surface area (Å²) in [7, 11) is 0. The SMILES string of the molecule is Cc1nc(C)c(C(C)NCc2cn(CCCO)nn2)s1. The summed E-state index contributed by atoms with van der Waals surface area (Å²) in [6.07, 6.45) is 2.62. The molecule has 0 saturated carbocycles. The van der Waals surface area contributed by atoms with Gasteiger partial charge >= 0.3 is 0 Å². The molecule has 2 heterocycles. The second-order valence-corrected chi connectivity index (χ2v) is 6.07. The molecular formula is C13H21N5OS. The lowest BCUT2D eigenvalue weighted by molar-refractivity contribution is 0.276. The van der Waals surface area contributed by atoms with Gasteiger partial charge in [-0.15, -0.1) is 16.4 Å². The third-order valence-electron chi connectivity index (χ3n) is 3.05. The first-order valence-electron chi connectivity index (χ1n) is 6.77. The lowest BCUT2D eigenvalue weighted by Crippen LogP contribution is -2.18. The van der Waals surface area contributed by atoms with Gasteiger partial charge in [0.05, 0.1) is 16.4 Å². The number of hydrogen-bond donors (Lipinski definition) is 2. The zero-order valence-electron chi connectivity index (χ0n) is 12.1. The van der Waals surface area contributed by atoms with E-state index in [1.807, 2.05) is 20.0 Å². The zero-order chi connectivity index (χ0) is 14.5. The molecule has 0 radical (unpaired) electrons. The van der Waals surface area contributed by atoms with Crippen molar-refractivity contribution in [2.75, 3.05) is 6.61 Å². The maximum Gasteiger partial charge on any atom is 0.0965 e. The Bertz CT molecular complexity index is 551. The van der Waals surface area contributed by atoms with E-state index in [1.54, 1.807) is 16.0 Å². The maximum atomic E-state index is 8.79. The summed E-state index contributed by atoms with van der Waals surface area (Å²) in [6, 6.07) is 0.254. The van der Waals surface area contributed by atoms with Crippen LogP contribution < -0.4 is 5.32 Å². The van der Waals surface area contributed by atoms with Crippen LogP contribution in [0, 0.1) is 13.8 Å². The highest BCUT2D eigenvalue weighted by atomic mass is 32.1. The molecule has 0 aliphatic heterocycles. The Hall–Kier alpha value is -1.31. The minimum absolute atomic E-state index is 0.175. The van der Waals surface area contributed by atoms with Crippen molar-refractivity contribution in [1.29, 1.82) is 0 Å². The predicted molar refractivity (Wildman–Crippen MR) is 78.6 cm³/mol. The molecule has 0 spiro atoms. The Morgan fingerprint density at radius 3 is 2.90 bits per heavy atom. The van der Waals surface area contributed by atoms with Crippen LogP contribution in [0.25, 0.3) is 0 Å². The summed E-state index contributed by atoms with van der Waals surface area (Å²) in [4.78, 5) is 5.72. The first-order valence-corrected chi connectivity index (χ1v) is 7.59. The van der Waals surface area contributed by atoms with Crippen LogP contribution in [0.3, 0.4) is 0 Å². The van der Waals surface area contributed by atoms with Crippen LogP contribution in [0.5, 0.6) is 0 Å². The summed E-state index contributed by atoms with van der Waals surface area (Å²) in [5.74, 6) is 0. The summed E-state index contributed by atoms with van der Waals surface area (Å²) < 4.78 is 1.76. The minimum Gasteiger partial charge on any atom is -0.396 e. The fourth-order valence-electron chi connectivity index (χ4n) is 2.06. The number of nitrogens with zero attached hydrogens (tertiary/aromatic N) is 4. The molecule has 0 fully saturated rings. The maximum absolute atomic E-state index is 8.79. The van der Waals surface area contributed by atoms with Gasteiger partial charge in [-0.05, 0) is 27.2 Å². The van der Waals surface area contributed by atoms with Crippen molar-refractivity contribution in [3.63, 3.8) is 0 Å². The Morgan fingerprint density at radius 1 is 1.45 bits per heavy atom. The molecule has 0 amide bonds. The zero-order valence-corrected chi connectivity index (χ0v) is 12.9. The number of aryl methyl sites for hydroxylation is 3. The molecule has 6 nitrogen and oxygen atoms in total. The summed E-state index contributed by atoms with van der Waals surface area (Å²) in [5, 5.41) is 21.5. The van der Waals surface area contributed by atoms with Gasteiger partial charge in [-0.25, -0.2) is 4.98 Å². The number of thiazole rings is 1. The van der Waals surface area contributed by atoms with Crippen molar-refractivity contribution >= 4 is 11.3 Å². The minimum atomic E-state index is 0.175. The normalized spacial score (nSPS) is 12.8. The number of aromatic nitrogens is 4. The molecule has 0 aliphatic rings. The van der Waals surface area contributed by atoms with Crippen molar-refractivity contribution in [2.24, 2.45) is 0 Å². The van der Waals surface area contributed by atoms with E-state index in [4.69, 9.17) is 5.11 Å². The van der Waals surface area contributed by atoms with Gasteiger partial charge in [0.15, 0.2) is 0 Å². The Kier molecular flexibility index (Phi) is 5.22. The Labute approximate surface area is 122 Å². The Balaban J connectivity index is 1.88. The molecular weight excluding hydrogens is 274 g/mol. The average molecular weight is 295 g/mol. The molecule has 1 unspecified atom stereocenters. The summed E-state index contributed by atoms with van der Waals surface area (Å²) in [5.41, 5.74) is 2.01. The lowest BCUT2D eigenvalue weighted by Gasteiger charge is -2.11. The van der Waals surface area contributed by atoms with Gasteiger partial charge in [0.1, 0.15) is 0 Å². The predicted octanol–water partition coefficient (Wildman–Crippen LogP) is 1.58. The van der Waals surface area contributed by atoms with Crippen LogP contribution in [0.2, 0.25) is 0 Å². The number of aliphatic hydroxyl groups is 1. The molecule has 20 heavy (non-hydrogen) atoms. The van der Waals surface area contributed by atoms with Gasteiger partial charge in [-0.1, -0.05) is 5.21 Å². The topological polar surface area (TPSA) is 75.9 Å². The number of hydrogen-bond acceptors (Lipinski definition) is 6. The number of nitrogens with one attached hydrogen (secondary N) is 1. The average Bonchev–Trinajstić information content (AvgIpc) is 3.00. The van der Waals surface area contributed by atoms with Gasteiger partial charge in [-0.2, -0.15) is 0 Å². The van der Waals surface area contributed by atoms with E-state index < -0.39 is 0 Å². The third-order valence-corrected chi connectivity index (χ3v) is 4.31. The number of rotatable bonds is 7. The molecule has 0 aliphatic carbocycles. The van der Waals surface area contributed by atoms with E-state index >= 15 is 0 Å². The van der Waals surface area contributed by atoms with Crippen LogP contribution in [-0.4, -0.2) is 31.7 Å². The van der Waals surface area contributed by atoms with Crippen LogP contribution in [-0.2, 0) is 13.1 Å². The largest absolute Gasteiger partial charge is 0.396 e. The van der Waals surface area contributed by atoms with Crippen LogP contribution >= 0.6 is 11.3 Å². The smallest absolute Gasteiger partial charge is 0.0965 e. The highest BCUT2D eigenvalue weighted by Crippen LogP contribution is 2.24. The standard InChI is InChI=1S/C13H21N5OS/c1-9(13-10(2)15-11(3)20-13)14-7-12-8-18(17-16-12)5-4-6-19/h8-9,14,19H,4-7H2,1-3H3. The van der Waals surface area contributed by atoms with Crippen LogP contribution in [0.4, 0.5) is 0 Å². The number of aliphatic hydroxyl groups excluding tert-OH is 1. The molecule has 2 aromatic rings. The molecule has 2 N–H and O–H groups in total. The van der Waals surface area contributed by atoms with E-state index in [1.165, 1.54) is 4.88 Å². The van der Waals surface area contributed by atoms with Gasteiger partial charge in [0.2, 0.25) is 0 Å². The van der Waals surface area contributed by atoms with Crippen LogP contribution in [0.1, 0.15) is 40.7 Å². The fraction of sp³-hybridized carbons (Fsp3) is 0.615. The molecule has 0 saturated heterocycles. The highest BCUT2D eigenvalue weighted by Gasteiger charge is 2.13. The lowest BCUT2D eigenvalue weighted by atomic mass is 10.2. The summed E-state index contributed by atoms with van der Waals surface area (Å²) in [6.45, 7) is 7.76. The van der Waals surface area contributed by atoms with Gasteiger partial charge in [0, 0.05) is 36.8 Å². The molecule has 110 valence electrons. The van der Waals surface area contributed by atoms with Crippen molar-refractivity contribution < 1.29 is 5.11 Å². The van der Waals surface area contributed by atoms with E-state index in [2.05, 4.69) is 27.5 Å². The fourth-order valence-corrected chi connectivity index (χ4v) is 3.01. The molecule has 2 rings (SSSR count). The van der Waals surface area contributed by atoms with E-state index in [-0.39, 0.29) is 12.6 Å². The quantitative estimate of drug-likeness (QED) is 0.811. The third kappa shape index (κ3) is 3.84. The monoisotopic (exact) mass is 295 g/mol. The van der Waals surface area contributed by atoms with Crippen molar-refractivity contribution in [3.05, 3.63) is 27.5 Å². The highest BCUT2D eigenvalue weighted by molar-refractivity contribution is 7.11. The van der Waals surface area contributed by atoms with Gasteiger partial charge in [0.25, 0.3) is 0 Å². The second-order valence-electron chi connectivity index (χ2n) is 4.84. The van der Waals surface area contributed by atoms with Crippen molar-refractivity contribution in [1.82, 2.24) is 25.3 Å². The van der Waals surface area contributed by atoms with E-state index in [9.17, 15) is 0 Å². The Morgan fingerprint density at radius 2 is 2.25 bits per heavy atom. The van der Waals surface area contributed by atoms with Crippen molar-refractivity contribution in [3.8, 4) is 0 Å². The summed E-state index contributed by atoms with van der Waals surface area (Å²) >= 11 is 1.73.